The number of methoxy groups -OCH3 is 1. The van der Waals surface area contributed by atoms with Crippen LogP contribution in [0.3, 0.4) is 0 Å². The van der Waals surface area contributed by atoms with E-state index in [1.54, 1.807) is 7.11 Å². The van der Waals surface area contributed by atoms with Crippen LogP contribution in [0.15, 0.2) is 42.5 Å². The van der Waals surface area contributed by atoms with Crippen molar-refractivity contribution < 1.29 is 14.2 Å². The van der Waals surface area contributed by atoms with E-state index >= 15 is 0 Å². The number of hydrogen-bond acceptors (Lipinski definition) is 4. The van der Waals surface area contributed by atoms with Crippen LogP contribution in [0.5, 0.6) is 17.2 Å². The van der Waals surface area contributed by atoms with E-state index in [9.17, 15) is 0 Å². The summed E-state index contributed by atoms with van der Waals surface area (Å²) in [5, 5.41) is 0. The van der Waals surface area contributed by atoms with E-state index in [2.05, 4.69) is 38.3 Å². The van der Waals surface area contributed by atoms with Crippen molar-refractivity contribution in [1.29, 1.82) is 0 Å². The highest BCUT2D eigenvalue weighted by Gasteiger charge is 2.14. The van der Waals surface area contributed by atoms with Crippen LogP contribution >= 0.6 is 0 Å². The van der Waals surface area contributed by atoms with Gasteiger partial charge in [-0.25, -0.2) is 4.98 Å². The molecular formula is C24H32N2O3. The van der Waals surface area contributed by atoms with Gasteiger partial charge in [-0.1, -0.05) is 33.8 Å². The van der Waals surface area contributed by atoms with Crippen LogP contribution in [0.4, 0.5) is 0 Å². The summed E-state index contributed by atoms with van der Waals surface area (Å²) in [7, 11) is 1.65. The predicted molar refractivity (Wildman–Crippen MR) is 117 cm³/mol. The van der Waals surface area contributed by atoms with Gasteiger partial charge in [-0.2, -0.15) is 0 Å². The minimum atomic E-state index is 0.401. The molecule has 0 aliphatic rings. The van der Waals surface area contributed by atoms with Gasteiger partial charge < -0.3 is 18.8 Å². The number of rotatable bonds is 10. The molecule has 0 N–H and O–H groups in total. The molecule has 3 aromatic rings. The molecule has 29 heavy (non-hydrogen) atoms. The topological polar surface area (TPSA) is 45.5 Å². The first kappa shape index (κ1) is 21.0. The molecule has 2 aromatic carbocycles. The Balaban J connectivity index is 1.83. The lowest BCUT2D eigenvalue weighted by molar-refractivity contribution is 0.285. The summed E-state index contributed by atoms with van der Waals surface area (Å²) >= 11 is 0. The predicted octanol–water partition coefficient (Wildman–Crippen LogP) is 5.70. The molecule has 0 aliphatic heterocycles. The average molecular weight is 397 g/mol. The number of nitrogens with zero attached hydrogens (tertiary/aromatic N) is 2. The zero-order chi connectivity index (χ0) is 20.8. The Morgan fingerprint density at radius 3 is 2.38 bits per heavy atom. The minimum Gasteiger partial charge on any atom is -0.497 e. The van der Waals surface area contributed by atoms with E-state index in [0.29, 0.717) is 18.4 Å². The van der Waals surface area contributed by atoms with E-state index < -0.39 is 0 Å². The average Bonchev–Trinajstić information content (AvgIpc) is 3.02. The molecule has 0 unspecified atom stereocenters. The molecule has 1 aromatic heterocycles. The zero-order valence-electron chi connectivity index (χ0n) is 18.1. The van der Waals surface area contributed by atoms with Gasteiger partial charge in [0.05, 0.1) is 24.8 Å². The summed E-state index contributed by atoms with van der Waals surface area (Å²) in [6, 6.07) is 13.8. The first-order valence-corrected chi connectivity index (χ1v) is 10.3. The summed E-state index contributed by atoms with van der Waals surface area (Å²) in [5.74, 6) is 4.48. The summed E-state index contributed by atoms with van der Waals surface area (Å²) in [5.41, 5.74) is 2.05. The van der Waals surface area contributed by atoms with Gasteiger partial charge >= 0.3 is 0 Å². The van der Waals surface area contributed by atoms with Crippen LogP contribution in [0, 0.1) is 11.8 Å². The summed E-state index contributed by atoms with van der Waals surface area (Å²) in [4.78, 5) is 4.82. The van der Waals surface area contributed by atoms with Crippen LogP contribution in [0.2, 0.25) is 0 Å². The minimum absolute atomic E-state index is 0.401. The number of benzene rings is 2. The van der Waals surface area contributed by atoms with Crippen molar-refractivity contribution in [2.24, 2.45) is 11.8 Å². The van der Waals surface area contributed by atoms with Crippen molar-refractivity contribution >= 4 is 11.0 Å². The number of hydrogen-bond donors (Lipinski definition) is 0. The molecule has 0 aliphatic carbocycles. The summed E-state index contributed by atoms with van der Waals surface area (Å²) in [6.45, 7) is 10.8. The molecular weight excluding hydrogens is 364 g/mol. The number of aromatic nitrogens is 2. The maximum atomic E-state index is 6.01. The highest BCUT2D eigenvalue weighted by Crippen LogP contribution is 2.25. The molecule has 0 bridgehead atoms. The second-order valence-electron chi connectivity index (χ2n) is 8.18. The normalized spacial score (nSPS) is 11.4. The zero-order valence-corrected chi connectivity index (χ0v) is 18.1. The van der Waals surface area contributed by atoms with Crippen molar-refractivity contribution in [3.63, 3.8) is 0 Å². The molecule has 0 atom stereocenters. The molecule has 0 fully saturated rings. The Morgan fingerprint density at radius 1 is 0.897 bits per heavy atom. The molecule has 0 spiro atoms. The summed E-state index contributed by atoms with van der Waals surface area (Å²) < 4.78 is 19.5. The van der Waals surface area contributed by atoms with Gasteiger partial charge in [-0.3, -0.25) is 0 Å². The number of ether oxygens (including phenoxy) is 3. The van der Waals surface area contributed by atoms with Crippen LogP contribution in [0.1, 0.15) is 39.9 Å². The third-order valence-electron chi connectivity index (χ3n) is 4.72. The molecule has 5 nitrogen and oxygen atoms in total. The quantitative estimate of drug-likeness (QED) is 0.441. The van der Waals surface area contributed by atoms with Crippen LogP contribution in [-0.4, -0.2) is 23.3 Å². The summed E-state index contributed by atoms with van der Waals surface area (Å²) in [6.07, 6.45) is 1.04. The Bertz CT molecular complexity index is 931. The Kier molecular flexibility index (Phi) is 7.02. The van der Waals surface area contributed by atoms with Gasteiger partial charge in [0.2, 0.25) is 0 Å². The fraction of sp³-hybridized carbons (Fsp3) is 0.458. The van der Waals surface area contributed by atoms with Crippen molar-refractivity contribution in [2.45, 2.75) is 47.3 Å². The third kappa shape index (κ3) is 5.66. The third-order valence-corrected chi connectivity index (χ3v) is 4.72. The highest BCUT2D eigenvalue weighted by atomic mass is 16.5. The van der Waals surface area contributed by atoms with E-state index in [4.69, 9.17) is 19.2 Å². The van der Waals surface area contributed by atoms with Gasteiger partial charge in [0.25, 0.3) is 0 Å². The standard InChI is InChI=1S/C24H32N2O3/c1-17(2)11-12-28-21-9-10-22-23(14-21)26(15-18(3)4)24(25-22)16-29-20-8-6-7-19(13-20)27-5/h6-10,13-14,17-18H,11-12,15-16H2,1-5H3. The van der Waals surface area contributed by atoms with Crippen molar-refractivity contribution in [1.82, 2.24) is 9.55 Å². The molecule has 0 radical (unpaired) electrons. The van der Waals surface area contributed by atoms with E-state index in [0.717, 1.165) is 53.7 Å². The number of imidazole rings is 1. The lowest BCUT2D eigenvalue weighted by Gasteiger charge is -2.13. The monoisotopic (exact) mass is 396 g/mol. The van der Waals surface area contributed by atoms with E-state index in [1.165, 1.54) is 0 Å². The Morgan fingerprint density at radius 2 is 1.66 bits per heavy atom. The SMILES string of the molecule is COc1cccc(OCc2nc3ccc(OCCC(C)C)cc3n2CC(C)C)c1. The van der Waals surface area contributed by atoms with Crippen LogP contribution < -0.4 is 14.2 Å². The fourth-order valence-corrected chi connectivity index (χ4v) is 3.17. The van der Waals surface area contributed by atoms with Gasteiger partial charge in [0.1, 0.15) is 29.7 Å². The smallest absolute Gasteiger partial charge is 0.148 e. The fourth-order valence-electron chi connectivity index (χ4n) is 3.17. The Hall–Kier alpha value is -2.69. The second kappa shape index (κ2) is 9.68. The maximum absolute atomic E-state index is 6.01. The molecule has 5 heteroatoms. The second-order valence-corrected chi connectivity index (χ2v) is 8.18. The largest absolute Gasteiger partial charge is 0.497 e. The van der Waals surface area contributed by atoms with Crippen molar-refractivity contribution in [2.75, 3.05) is 13.7 Å². The molecule has 0 saturated carbocycles. The first-order valence-electron chi connectivity index (χ1n) is 10.3. The van der Waals surface area contributed by atoms with Gasteiger partial charge in [0, 0.05) is 18.7 Å². The van der Waals surface area contributed by atoms with Crippen molar-refractivity contribution in [3.05, 3.63) is 48.3 Å². The van der Waals surface area contributed by atoms with E-state index in [-0.39, 0.29) is 0 Å². The number of fused-ring (bicyclic) bond motifs is 1. The maximum Gasteiger partial charge on any atom is 0.148 e. The van der Waals surface area contributed by atoms with E-state index in [1.807, 2.05) is 36.4 Å². The first-order chi connectivity index (χ1) is 14.0. The highest BCUT2D eigenvalue weighted by molar-refractivity contribution is 5.77. The lowest BCUT2D eigenvalue weighted by Crippen LogP contribution is -2.11. The van der Waals surface area contributed by atoms with Gasteiger partial charge in [-0.05, 0) is 42.5 Å². The van der Waals surface area contributed by atoms with Gasteiger partial charge in [0.15, 0.2) is 0 Å². The molecule has 3 rings (SSSR count). The lowest BCUT2D eigenvalue weighted by atomic mass is 10.1. The Labute approximate surface area is 173 Å². The molecule has 1 heterocycles. The van der Waals surface area contributed by atoms with Crippen LogP contribution in [-0.2, 0) is 13.2 Å². The van der Waals surface area contributed by atoms with Crippen molar-refractivity contribution in [3.8, 4) is 17.2 Å². The molecule has 0 amide bonds. The molecule has 0 saturated heterocycles. The van der Waals surface area contributed by atoms with Crippen LogP contribution in [0.25, 0.3) is 11.0 Å². The van der Waals surface area contributed by atoms with Gasteiger partial charge in [-0.15, -0.1) is 0 Å². The molecule has 156 valence electrons.